The largest absolute Gasteiger partial charge is 0.342 e. The Hall–Kier alpha value is -0.870. The van der Waals surface area contributed by atoms with E-state index in [-0.39, 0.29) is 5.91 Å². The molecule has 94 valence electrons. The number of nitrogens with zero attached hydrogens (tertiary/aromatic N) is 1. The van der Waals surface area contributed by atoms with E-state index < -0.39 is 0 Å². The molecular formula is C13H20N2OS. The minimum Gasteiger partial charge on any atom is -0.342 e. The summed E-state index contributed by atoms with van der Waals surface area (Å²) in [5, 5.41) is 5.44. The highest BCUT2D eigenvalue weighted by Gasteiger charge is 2.29. The van der Waals surface area contributed by atoms with Gasteiger partial charge in [-0.3, -0.25) is 4.79 Å². The lowest BCUT2D eigenvalue weighted by molar-refractivity contribution is -0.129. The number of hydrogen-bond donors (Lipinski definition) is 1. The summed E-state index contributed by atoms with van der Waals surface area (Å²) in [5.41, 5.74) is 0. The van der Waals surface area contributed by atoms with Crippen molar-refractivity contribution in [3.63, 3.8) is 0 Å². The number of nitrogens with one attached hydrogen (secondary N) is 1. The molecule has 0 aliphatic heterocycles. The molecule has 0 bridgehead atoms. The maximum atomic E-state index is 11.9. The van der Waals surface area contributed by atoms with Crippen molar-refractivity contribution in [2.45, 2.75) is 38.3 Å². The smallest absolute Gasteiger partial charge is 0.236 e. The van der Waals surface area contributed by atoms with E-state index in [1.807, 2.05) is 11.9 Å². The third kappa shape index (κ3) is 3.30. The van der Waals surface area contributed by atoms with Gasteiger partial charge in [-0.25, -0.2) is 0 Å². The fourth-order valence-corrected chi connectivity index (χ4v) is 2.82. The first kappa shape index (κ1) is 12.6. The number of rotatable bonds is 6. The Bertz CT molecular complexity index is 360. The zero-order valence-electron chi connectivity index (χ0n) is 10.5. The molecule has 0 aromatic carbocycles. The number of amides is 1. The summed E-state index contributed by atoms with van der Waals surface area (Å²) < 4.78 is 0. The molecule has 1 aliphatic carbocycles. The van der Waals surface area contributed by atoms with Gasteiger partial charge >= 0.3 is 0 Å². The SMILES string of the molecule is CCC(NCC(=O)N(C)C1CC1)c1cccs1. The van der Waals surface area contributed by atoms with E-state index in [2.05, 4.69) is 29.8 Å². The zero-order valence-corrected chi connectivity index (χ0v) is 11.3. The second-order valence-electron chi connectivity index (χ2n) is 4.59. The fourth-order valence-electron chi connectivity index (χ4n) is 1.94. The van der Waals surface area contributed by atoms with Crippen molar-refractivity contribution < 1.29 is 4.79 Å². The van der Waals surface area contributed by atoms with E-state index in [1.165, 1.54) is 17.7 Å². The average molecular weight is 252 g/mol. The number of likely N-dealkylation sites (N-methyl/N-ethyl adjacent to an activating group) is 1. The summed E-state index contributed by atoms with van der Waals surface area (Å²) in [4.78, 5) is 15.1. The van der Waals surface area contributed by atoms with Crippen LogP contribution in [0.15, 0.2) is 17.5 Å². The zero-order chi connectivity index (χ0) is 12.3. The number of thiophene rings is 1. The molecule has 1 fully saturated rings. The standard InChI is InChI=1S/C13H20N2OS/c1-3-11(12-5-4-8-17-12)14-9-13(16)15(2)10-6-7-10/h4-5,8,10-11,14H,3,6-7,9H2,1-2H3. The van der Waals surface area contributed by atoms with Crippen LogP contribution in [0.4, 0.5) is 0 Å². The number of carbonyl (C=O) groups is 1. The molecule has 1 aliphatic rings. The van der Waals surface area contributed by atoms with E-state index in [4.69, 9.17) is 0 Å². The molecule has 2 rings (SSSR count). The Labute approximate surface area is 107 Å². The van der Waals surface area contributed by atoms with Gasteiger partial charge in [0.05, 0.1) is 6.54 Å². The van der Waals surface area contributed by atoms with Crippen LogP contribution in [0.5, 0.6) is 0 Å². The van der Waals surface area contributed by atoms with Crippen molar-refractivity contribution >= 4 is 17.2 Å². The molecule has 1 aromatic rings. The van der Waals surface area contributed by atoms with Crippen LogP contribution in [0.1, 0.15) is 37.1 Å². The first-order chi connectivity index (χ1) is 8.22. The molecule has 1 N–H and O–H groups in total. The quantitative estimate of drug-likeness (QED) is 0.843. The van der Waals surface area contributed by atoms with E-state index >= 15 is 0 Å². The maximum Gasteiger partial charge on any atom is 0.236 e. The Kier molecular flexibility index (Phi) is 4.18. The van der Waals surface area contributed by atoms with Crippen LogP contribution in [0.25, 0.3) is 0 Å². The highest BCUT2D eigenvalue weighted by Crippen LogP contribution is 2.25. The van der Waals surface area contributed by atoms with Gasteiger partial charge in [0.25, 0.3) is 0 Å². The van der Waals surface area contributed by atoms with Gasteiger partial charge in [-0.1, -0.05) is 13.0 Å². The van der Waals surface area contributed by atoms with Gasteiger partial charge in [0.2, 0.25) is 5.91 Å². The summed E-state index contributed by atoms with van der Waals surface area (Å²) in [7, 11) is 1.91. The normalized spacial score (nSPS) is 16.8. The highest BCUT2D eigenvalue weighted by molar-refractivity contribution is 7.10. The van der Waals surface area contributed by atoms with E-state index in [0.717, 1.165) is 6.42 Å². The van der Waals surface area contributed by atoms with Crippen LogP contribution in [0.3, 0.4) is 0 Å². The van der Waals surface area contributed by atoms with E-state index in [9.17, 15) is 4.79 Å². The first-order valence-corrected chi connectivity index (χ1v) is 7.12. The molecule has 1 atom stereocenters. The second-order valence-corrected chi connectivity index (χ2v) is 5.57. The fraction of sp³-hybridized carbons (Fsp3) is 0.615. The summed E-state index contributed by atoms with van der Waals surface area (Å²) in [5.74, 6) is 0.211. The van der Waals surface area contributed by atoms with Crippen LogP contribution in [0.2, 0.25) is 0 Å². The van der Waals surface area contributed by atoms with Crippen LogP contribution < -0.4 is 5.32 Å². The van der Waals surface area contributed by atoms with E-state index in [1.54, 1.807) is 11.3 Å². The highest BCUT2D eigenvalue weighted by atomic mass is 32.1. The lowest BCUT2D eigenvalue weighted by atomic mass is 10.2. The molecular weight excluding hydrogens is 232 g/mol. The molecule has 17 heavy (non-hydrogen) atoms. The Morgan fingerprint density at radius 2 is 2.41 bits per heavy atom. The molecule has 0 saturated heterocycles. The number of carbonyl (C=O) groups excluding carboxylic acids is 1. The molecule has 1 heterocycles. The third-order valence-electron chi connectivity index (χ3n) is 3.28. The van der Waals surface area contributed by atoms with Gasteiger partial charge in [-0.15, -0.1) is 11.3 Å². The van der Waals surface area contributed by atoms with Crippen molar-refractivity contribution in [1.82, 2.24) is 10.2 Å². The molecule has 1 amide bonds. The lowest BCUT2D eigenvalue weighted by Gasteiger charge is -2.20. The maximum absolute atomic E-state index is 11.9. The molecule has 4 heteroatoms. The Morgan fingerprint density at radius 3 is 2.94 bits per heavy atom. The van der Waals surface area contributed by atoms with Gasteiger partial charge in [0.15, 0.2) is 0 Å². The molecule has 0 spiro atoms. The summed E-state index contributed by atoms with van der Waals surface area (Å²) in [6.45, 7) is 2.59. The van der Waals surface area contributed by atoms with Gasteiger partial charge in [0, 0.05) is 24.0 Å². The molecule has 1 unspecified atom stereocenters. The van der Waals surface area contributed by atoms with Crippen molar-refractivity contribution in [1.29, 1.82) is 0 Å². The predicted molar refractivity (Wildman–Crippen MR) is 71.1 cm³/mol. The van der Waals surface area contributed by atoms with Gasteiger partial charge < -0.3 is 10.2 Å². The van der Waals surface area contributed by atoms with Crippen molar-refractivity contribution in [2.75, 3.05) is 13.6 Å². The monoisotopic (exact) mass is 252 g/mol. The van der Waals surface area contributed by atoms with Crippen LogP contribution in [-0.4, -0.2) is 30.4 Å². The van der Waals surface area contributed by atoms with Crippen molar-refractivity contribution in [3.05, 3.63) is 22.4 Å². The van der Waals surface area contributed by atoms with Crippen LogP contribution >= 0.6 is 11.3 Å². The molecule has 1 aromatic heterocycles. The lowest BCUT2D eigenvalue weighted by Crippen LogP contribution is -2.38. The van der Waals surface area contributed by atoms with Crippen molar-refractivity contribution in [3.8, 4) is 0 Å². The second kappa shape index (κ2) is 5.65. The summed E-state index contributed by atoms with van der Waals surface area (Å²) >= 11 is 1.75. The molecule has 0 radical (unpaired) electrons. The molecule has 3 nitrogen and oxygen atoms in total. The topological polar surface area (TPSA) is 32.3 Å². The first-order valence-electron chi connectivity index (χ1n) is 6.24. The van der Waals surface area contributed by atoms with Crippen LogP contribution in [0, 0.1) is 0 Å². The van der Waals surface area contributed by atoms with Gasteiger partial charge in [-0.05, 0) is 30.7 Å². The van der Waals surface area contributed by atoms with Crippen molar-refractivity contribution in [2.24, 2.45) is 0 Å². The summed E-state index contributed by atoms with van der Waals surface area (Å²) in [6, 6.07) is 5.00. The Morgan fingerprint density at radius 1 is 1.65 bits per heavy atom. The predicted octanol–water partition coefficient (Wildman–Crippen LogP) is 2.41. The van der Waals surface area contributed by atoms with Gasteiger partial charge in [-0.2, -0.15) is 0 Å². The number of hydrogen-bond acceptors (Lipinski definition) is 3. The van der Waals surface area contributed by atoms with E-state index in [0.29, 0.717) is 18.6 Å². The average Bonchev–Trinajstić information content (AvgIpc) is 3.05. The third-order valence-corrected chi connectivity index (χ3v) is 4.27. The minimum atomic E-state index is 0.211. The Balaban J connectivity index is 1.81. The van der Waals surface area contributed by atoms with Gasteiger partial charge in [0.1, 0.15) is 0 Å². The summed E-state index contributed by atoms with van der Waals surface area (Å²) in [6.07, 6.45) is 3.36. The minimum absolute atomic E-state index is 0.211. The van der Waals surface area contributed by atoms with Crippen LogP contribution in [-0.2, 0) is 4.79 Å². The molecule has 1 saturated carbocycles.